The molecule has 2 aliphatic heterocycles. The Labute approximate surface area is 178 Å². The monoisotopic (exact) mass is 416 g/mol. The third kappa shape index (κ3) is 3.28. The molecule has 2 aliphatic rings. The Kier molecular flexibility index (Phi) is 4.58. The van der Waals surface area contributed by atoms with Gasteiger partial charge >= 0.3 is 0 Å². The molecule has 0 bridgehead atoms. The number of aromatic nitrogens is 1. The summed E-state index contributed by atoms with van der Waals surface area (Å²) in [5.41, 5.74) is 2.20. The van der Waals surface area contributed by atoms with Gasteiger partial charge in [-0.25, -0.2) is 0 Å². The number of aliphatic hydroxyl groups is 1. The molecule has 2 aromatic heterocycles. The van der Waals surface area contributed by atoms with Gasteiger partial charge in [-0.2, -0.15) is 0 Å². The van der Waals surface area contributed by atoms with E-state index >= 15 is 0 Å². The number of fused-ring (bicyclic) bond motifs is 1. The van der Waals surface area contributed by atoms with Gasteiger partial charge in [-0.05, 0) is 54.4 Å². The molecule has 2 atom stereocenters. The van der Waals surface area contributed by atoms with E-state index in [0.29, 0.717) is 17.7 Å². The highest BCUT2D eigenvalue weighted by Crippen LogP contribution is 2.41. The standard InChI is InChI=1S/C24H20N2O5/c1-14-10-17-11-16(6-7-18(17)31-14)22(27)20-21(19-5-3-9-30-19)26(24(29)23(20)28)13-15-4-2-8-25-12-15/h2-9,11-12,14,21,27H,10,13H2,1H3/b22-20+. The van der Waals surface area contributed by atoms with Crippen LogP contribution in [0.4, 0.5) is 0 Å². The zero-order chi connectivity index (χ0) is 21.5. The number of pyridine rings is 1. The molecule has 1 N–H and O–H groups in total. The first kappa shape index (κ1) is 19.1. The lowest BCUT2D eigenvalue weighted by Gasteiger charge is -2.23. The van der Waals surface area contributed by atoms with Crippen molar-refractivity contribution in [1.82, 2.24) is 9.88 Å². The Morgan fingerprint density at radius 3 is 2.84 bits per heavy atom. The van der Waals surface area contributed by atoms with Gasteiger partial charge in [-0.15, -0.1) is 0 Å². The maximum atomic E-state index is 13.0. The van der Waals surface area contributed by atoms with Gasteiger partial charge in [0.1, 0.15) is 29.4 Å². The predicted octanol–water partition coefficient (Wildman–Crippen LogP) is 3.62. The van der Waals surface area contributed by atoms with Crippen molar-refractivity contribution in [2.24, 2.45) is 0 Å². The highest BCUT2D eigenvalue weighted by atomic mass is 16.5. The number of carbonyl (C=O) groups excluding carboxylic acids is 2. The van der Waals surface area contributed by atoms with Gasteiger partial charge in [0, 0.05) is 30.9 Å². The van der Waals surface area contributed by atoms with Crippen molar-refractivity contribution >= 4 is 17.4 Å². The molecular formula is C24H20N2O5. The summed E-state index contributed by atoms with van der Waals surface area (Å²) in [7, 11) is 0. The third-order valence-electron chi connectivity index (χ3n) is 5.60. The van der Waals surface area contributed by atoms with E-state index < -0.39 is 17.7 Å². The number of benzene rings is 1. The van der Waals surface area contributed by atoms with Crippen LogP contribution in [-0.4, -0.2) is 32.8 Å². The maximum absolute atomic E-state index is 13.0. The van der Waals surface area contributed by atoms with Gasteiger partial charge in [0.2, 0.25) is 0 Å². The van der Waals surface area contributed by atoms with E-state index in [-0.39, 0.29) is 24.0 Å². The second-order valence-corrected chi connectivity index (χ2v) is 7.76. The van der Waals surface area contributed by atoms with Crippen LogP contribution in [0, 0.1) is 0 Å². The number of hydrogen-bond acceptors (Lipinski definition) is 6. The molecule has 1 aromatic carbocycles. The topological polar surface area (TPSA) is 92.9 Å². The van der Waals surface area contributed by atoms with E-state index in [2.05, 4.69) is 4.98 Å². The smallest absolute Gasteiger partial charge is 0.296 e. The van der Waals surface area contributed by atoms with Crippen LogP contribution >= 0.6 is 0 Å². The fourth-order valence-corrected chi connectivity index (χ4v) is 4.20. The number of amides is 1. The van der Waals surface area contributed by atoms with Crippen molar-refractivity contribution in [3.8, 4) is 5.75 Å². The zero-order valence-corrected chi connectivity index (χ0v) is 16.8. The Morgan fingerprint density at radius 2 is 2.10 bits per heavy atom. The number of carbonyl (C=O) groups is 2. The molecule has 1 amide bonds. The van der Waals surface area contributed by atoms with Crippen molar-refractivity contribution in [2.45, 2.75) is 32.0 Å². The zero-order valence-electron chi connectivity index (χ0n) is 16.8. The van der Waals surface area contributed by atoms with Crippen molar-refractivity contribution in [3.05, 3.63) is 89.1 Å². The molecule has 3 aromatic rings. The number of aliphatic hydroxyl groups excluding tert-OH is 1. The summed E-state index contributed by atoms with van der Waals surface area (Å²) in [5.74, 6) is -0.486. The van der Waals surface area contributed by atoms with Crippen LogP contribution in [-0.2, 0) is 22.6 Å². The lowest BCUT2D eigenvalue weighted by atomic mass is 9.97. The van der Waals surface area contributed by atoms with Gasteiger partial charge in [0.15, 0.2) is 0 Å². The molecule has 4 heterocycles. The molecule has 7 nitrogen and oxygen atoms in total. The van der Waals surface area contributed by atoms with Gasteiger partial charge in [-0.3, -0.25) is 14.6 Å². The predicted molar refractivity (Wildman–Crippen MR) is 111 cm³/mol. The van der Waals surface area contributed by atoms with Gasteiger partial charge in [0.25, 0.3) is 11.7 Å². The summed E-state index contributed by atoms with van der Waals surface area (Å²) in [6, 6.07) is 11.4. The summed E-state index contributed by atoms with van der Waals surface area (Å²) in [4.78, 5) is 31.4. The van der Waals surface area contributed by atoms with Crippen molar-refractivity contribution in [1.29, 1.82) is 0 Å². The third-order valence-corrected chi connectivity index (χ3v) is 5.60. The number of ether oxygens (including phenoxy) is 1. The molecule has 31 heavy (non-hydrogen) atoms. The number of hydrogen-bond donors (Lipinski definition) is 1. The molecule has 7 heteroatoms. The van der Waals surface area contributed by atoms with E-state index in [0.717, 1.165) is 16.9 Å². The van der Waals surface area contributed by atoms with Crippen LogP contribution in [0.15, 0.2) is 71.1 Å². The first-order chi connectivity index (χ1) is 15.0. The van der Waals surface area contributed by atoms with E-state index in [9.17, 15) is 14.7 Å². The van der Waals surface area contributed by atoms with Crippen molar-refractivity contribution in [3.63, 3.8) is 0 Å². The average Bonchev–Trinajstić information content (AvgIpc) is 3.48. The van der Waals surface area contributed by atoms with Crippen LogP contribution in [0.5, 0.6) is 5.75 Å². The van der Waals surface area contributed by atoms with Crippen LogP contribution in [0.25, 0.3) is 5.76 Å². The Bertz CT molecular complexity index is 1180. The minimum atomic E-state index is -0.835. The minimum Gasteiger partial charge on any atom is -0.507 e. The summed E-state index contributed by atoms with van der Waals surface area (Å²) in [6.07, 6.45) is 5.53. The normalized spacial score (nSPS) is 21.9. The van der Waals surface area contributed by atoms with Crippen LogP contribution in [0.2, 0.25) is 0 Å². The Balaban J connectivity index is 1.60. The number of rotatable bonds is 4. The SMILES string of the molecule is CC1Cc2cc(/C(O)=C3\C(=O)C(=O)N(Cc4cccnc4)C3c3ccco3)ccc2O1. The van der Waals surface area contributed by atoms with Crippen LogP contribution in [0.3, 0.4) is 0 Å². The molecule has 1 saturated heterocycles. The fraction of sp³-hybridized carbons (Fsp3) is 0.208. The number of nitrogens with zero attached hydrogens (tertiary/aromatic N) is 2. The summed E-state index contributed by atoms with van der Waals surface area (Å²) >= 11 is 0. The van der Waals surface area contributed by atoms with Crippen molar-refractivity contribution < 1.29 is 23.8 Å². The first-order valence-corrected chi connectivity index (χ1v) is 10.0. The largest absolute Gasteiger partial charge is 0.507 e. The molecule has 2 unspecified atom stereocenters. The summed E-state index contributed by atoms with van der Waals surface area (Å²) in [5, 5.41) is 11.1. The Hall–Kier alpha value is -3.87. The quantitative estimate of drug-likeness (QED) is 0.397. The second-order valence-electron chi connectivity index (χ2n) is 7.76. The summed E-state index contributed by atoms with van der Waals surface area (Å²) in [6.45, 7) is 2.14. The van der Waals surface area contributed by atoms with E-state index in [1.807, 2.05) is 19.1 Å². The van der Waals surface area contributed by atoms with Crippen molar-refractivity contribution in [2.75, 3.05) is 0 Å². The molecule has 1 fully saturated rings. The first-order valence-electron chi connectivity index (χ1n) is 10.0. The minimum absolute atomic E-state index is 0.00996. The molecule has 0 spiro atoms. The molecular weight excluding hydrogens is 396 g/mol. The number of likely N-dealkylation sites (tertiary alicyclic amines) is 1. The maximum Gasteiger partial charge on any atom is 0.296 e. The summed E-state index contributed by atoms with van der Waals surface area (Å²) < 4.78 is 11.3. The molecule has 0 saturated carbocycles. The highest BCUT2D eigenvalue weighted by Gasteiger charge is 2.47. The van der Waals surface area contributed by atoms with Crippen LogP contribution < -0.4 is 4.74 Å². The fourth-order valence-electron chi connectivity index (χ4n) is 4.20. The number of Topliss-reactive ketones (excluding diaryl/α,β-unsaturated/α-hetero) is 1. The molecule has 5 rings (SSSR count). The van der Waals surface area contributed by atoms with E-state index in [1.165, 1.54) is 11.2 Å². The average molecular weight is 416 g/mol. The van der Waals surface area contributed by atoms with E-state index in [4.69, 9.17) is 9.15 Å². The molecule has 0 radical (unpaired) electrons. The highest BCUT2D eigenvalue weighted by molar-refractivity contribution is 6.46. The number of ketones is 1. The van der Waals surface area contributed by atoms with Crippen LogP contribution in [0.1, 0.15) is 35.4 Å². The second kappa shape index (κ2) is 7.43. The Morgan fingerprint density at radius 1 is 1.23 bits per heavy atom. The number of furan rings is 1. The lowest BCUT2D eigenvalue weighted by Crippen LogP contribution is -2.29. The molecule has 156 valence electrons. The lowest BCUT2D eigenvalue weighted by molar-refractivity contribution is -0.140. The van der Waals surface area contributed by atoms with E-state index in [1.54, 1.807) is 42.7 Å². The van der Waals surface area contributed by atoms with Gasteiger partial charge in [0.05, 0.1) is 11.8 Å². The van der Waals surface area contributed by atoms with Gasteiger partial charge < -0.3 is 19.2 Å². The molecule has 0 aliphatic carbocycles. The van der Waals surface area contributed by atoms with Gasteiger partial charge in [-0.1, -0.05) is 6.07 Å².